The largest absolute Gasteiger partial charge is 0.485 e. The zero-order chi connectivity index (χ0) is 24.8. The number of hydrogen-bond donors (Lipinski definition) is 2. The molecule has 2 N–H and O–H groups in total. The number of hydrogen-bond acceptors (Lipinski definition) is 5. The van der Waals surface area contributed by atoms with Crippen LogP contribution in [0, 0.1) is 22.7 Å². The van der Waals surface area contributed by atoms with Crippen LogP contribution in [0.3, 0.4) is 0 Å². The average Bonchev–Trinajstić information content (AvgIpc) is 3.07. The molecule has 5 rings (SSSR count). The van der Waals surface area contributed by atoms with E-state index in [0.29, 0.717) is 23.7 Å². The first-order chi connectivity index (χ1) is 15.9. The highest BCUT2D eigenvalue weighted by Crippen LogP contribution is 2.66. The first kappa shape index (κ1) is 23.8. The third-order valence-electron chi connectivity index (χ3n) is 9.41. The van der Waals surface area contributed by atoms with Gasteiger partial charge in [-0.1, -0.05) is 43.6 Å². The Kier molecular flexibility index (Phi) is 5.27. The van der Waals surface area contributed by atoms with Crippen LogP contribution < -0.4 is 15.4 Å². The number of benzene rings is 1. The maximum Gasteiger partial charge on any atom is 0.254 e. The van der Waals surface area contributed by atoms with Crippen LogP contribution in [-0.2, 0) is 20.7 Å². The maximum atomic E-state index is 13.6. The minimum atomic E-state index is -0.680. The van der Waals surface area contributed by atoms with Crippen LogP contribution >= 0.6 is 15.9 Å². The van der Waals surface area contributed by atoms with Crippen LogP contribution in [0.15, 0.2) is 10.5 Å². The van der Waals surface area contributed by atoms with Gasteiger partial charge in [-0.3, -0.25) is 14.4 Å². The summed E-state index contributed by atoms with van der Waals surface area (Å²) < 4.78 is 13.7. The van der Waals surface area contributed by atoms with Crippen molar-refractivity contribution in [3.05, 3.63) is 27.2 Å². The Bertz CT molecular complexity index is 1120. The van der Waals surface area contributed by atoms with E-state index in [9.17, 15) is 14.4 Å². The second-order valence-corrected chi connectivity index (χ2v) is 12.2. The molecule has 0 unspecified atom stereocenters. The summed E-state index contributed by atoms with van der Waals surface area (Å²) in [5.74, 6) is 0.658. The molecular weight excluding hydrogens is 500 g/mol. The Morgan fingerprint density at radius 1 is 1.26 bits per heavy atom. The highest BCUT2D eigenvalue weighted by Gasteiger charge is 2.70. The molecule has 1 spiro atoms. The number of Topliss-reactive ketones (excluding diaryl/α,β-unsaturated/α-hetero) is 1. The third-order valence-corrected chi connectivity index (χ3v) is 10.1. The molecule has 2 fully saturated rings. The van der Waals surface area contributed by atoms with Gasteiger partial charge in [-0.2, -0.15) is 0 Å². The van der Waals surface area contributed by atoms with Crippen molar-refractivity contribution in [1.29, 1.82) is 0 Å². The summed E-state index contributed by atoms with van der Waals surface area (Å²) in [6.45, 7) is 10.0. The van der Waals surface area contributed by atoms with Gasteiger partial charge in [-0.15, -0.1) is 0 Å². The third kappa shape index (κ3) is 2.93. The number of fused-ring (bicyclic) bond motifs is 3. The molecule has 2 aliphatic carbocycles. The number of ketones is 1. The van der Waals surface area contributed by atoms with Crippen molar-refractivity contribution in [2.24, 2.45) is 22.7 Å². The monoisotopic (exact) mass is 532 g/mol. The van der Waals surface area contributed by atoms with Crippen LogP contribution in [0.4, 0.5) is 0 Å². The smallest absolute Gasteiger partial charge is 0.254 e. The van der Waals surface area contributed by atoms with Crippen LogP contribution in [0.5, 0.6) is 5.75 Å². The van der Waals surface area contributed by atoms with Crippen LogP contribution in [0.2, 0.25) is 0 Å². The fraction of sp³-hybridized carbons (Fsp3) is 0.654. The predicted octanol–water partition coefficient (Wildman–Crippen LogP) is 4.07. The molecule has 0 radical (unpaired) electrons. The minimum absolute atomic E-state index is 0.0208. The Morgan fingerprint density at radius 2 is 1.97 bits per heavy atom. The van der Waals surface area contributed by atoms with Gasteiger partial charge in [0.05, 0.1) is 17.2 Å². The number of carbonyl (C=O) groups is 3. The summed E-state index contributed by atoms with van der Waals surface area (Å²) in [6.07, 6.45) is 2.45. The van der Waals surface area contributed by atoms with Gasteiger partial charge < -0.3 is 20.1 Å². The van der Waals surface area contributed by atoms with Crippen molar-refractivity contribution >= 4 is 33.5 Å². The van der Waals surface area contributed by atoms with E-state index in [1.165, 1.54) is 6.92 Å². The second kappa shape index (κ2) is 7.53. The number of methoxy groups -OCH3 is 1. The molecular formula is C26H33BrN2O5. The summed E-state index contributed by atoms with van der Waals surface area (Å²) in [5, 5.41) is 5.82. The van der Waals surface area contributed by atoms with E-state index < -0.39 is 23.3 Å². The Labute approximate surface area is 208 Å². The summed E-state index contributed by atoms with van der Waals surface area (Å²) in [7, 11) is 1.57. The first-order valence-electron chi connectivity index (χ1n) is 12.1. The molecule has 2 amide bonds. The number of ether oxygens (including phenoxy) is 2. The number of halogens is 1. The normalized spacial score (nSPS) is 37.5. The summed E-state index contributed by atoms with van der Waals surface area (Å²) in [5.41, 5.74) is 0.679. The summed E-state index contributed by atoms with van der Waals surface area (Å²) in [4.78, 5) is 38.4. The number of amides is 2. The highest BCUT2D eigenvalue weighted by molar-refractivity contribution is 9.10. The van der Waals surface area contributed by atoms with Gasteiger partial charge in [-0.05, 0) is 31.2 Å². The van der Waals surface area contributed by atoms with E-state index in [1.807, 2.05) is 19.9 Å². The Balaban J connectivity index is 1.75. The van der Waals surface area contributed by atoms with Gasteiger partial charge in [-0.25, -0.2) is 0 Å². The quantitative estimate of drug-likeness (QED) is 0.598. The molecule has 2 saturated carbocycles. The van der Waals surface area contributed by atoms with Crippen molar-refractivity contribution in [1.82, 2.24) is 10.6 Å². The first-order valence-corrected chi connectivity index (χ1v) is 12.9. The molecule has 1 aromatic carbocycles. The molecule has 0 bridgehead atoms. The molecule has 8 heteroatoms. The van der Waals surface area contributed by atoms with Crippen LogP contribution in [0.1, 0.15) is 81.6 Å². The molecule has 184 valence electrons. The molecule has 0 aromatic heterocycles. The molecule has 0 saturated heterocycles. The maximum absolute atomic E-state index is 13.6. The van der Waals surface area contributed by atoms with Crippen molar-refractivity contribution in [3.8, 4) is 5.75 Å². The lowest BCUT2D eigenvalue weighted by Crippen LogP contribution is -2.73. The van der Waals surface area contributed by atoms with Gasteiger partial charge >= 0.3 is 0 Å². The molecule has 34 heavy (non-hydrogen) atoms. The second-order valence-electron chi connectivity index (χ2n) is 11.4. The topological polar surface area (TPSA) is 93.7 Å². The summed E-state index contributed by atoms with van der Waals surface area (Å²) in [6, 6.07) is 1.25. The van der Waals surface area contributed by atoms with E-state index in [4.69, 9.17) is 9.47 Å². The van der Waals surface area contributed by atoms with E-state index in [2.05, 4.69) is 40.4 Å². The number of carbonyl (C=O) groups excluding carboxylic acids is 3. The molecule has 2 aliphatic heterocycles. The van der Waals surface area contributed by atoms with E-state index in [0.717, 1.165) is 34.9 Å². The minimum Gasteiger partial charge on any atom is -0.485 e. The molecule has 4 aliphatic rings. The van der Waals surface area contributed by atoms with Gasteiger partial charge in [0.25, 0.3) is 5.91 Å². The van der Waals surface area contributed by atoms with Gasteiger partial charge in [0.15, 0.2) is 12.0 Å². The van der Waals surface area contributed by atoms with Gasteiger partial charge in [0.1, 0.15) is 11.4 Å². The SMILES string of the molecule is CO[C@H]1NC(=O)c2cc(Br)c3c(c21)O[C@@]12C[C@@H](NC(C)=O)C(=O)C(C)(C)[C@@H]1CC[C@H](C)[C@@]2(C)C3. The van der Waals surface area contributed by atoms with Crippen LogP contribution in [0.25, 0.3) is 0 Å². The standard InChI is InChI=1S/C26H33BrN2O5/c1-12-7-8-18-24(3,4)21(31)17(28-13(2)30)11-26(18)25(12,5)10-15-16(27)9-14-19(20(15)34-26)23(33-6)29-22(14)32/h9,12,17-18,23H,7-8,10-11H2,1-6H3,(H,28,30)(H,29,32)/t12-,17+,18-,23+,25+,26-/m0/s1. The lowest BCUT2D eigenvalue weighted by atomic mass is 9.43. The molecule has 1 aromatic rings. The van der Waals surface area contributed by atoms with Gasteiger partial charge in [0.2, 0.25) is 5.91 Å². The van der Waals surface area contributed by atoms with Crippen molar-refractivity contribution in [2.45, 2.75) is 78.2 Å². The van der Waals surface area contributed by atoms with E-state index >= 15 is 0 Å². The Hall–Kier alpha value is -1.93. The fourth-order valence-electron chi connectivity index (χ4n) is 7.44. The van der Waals surface area contributed by atoms with Gasteiger partial charge in [0, 0.05) is 47.2 Å². The van der Waals surface area contributed by atoms with Crippen LogP contribution in [-0.4, -0.2) is 36.4 Å². The number of rotatable bonds is 2. The highest BCUT2D eigenvalue weighted by atomic mass is 79.9. The molecule has 7 nitrogen and oxygen atoms in total. The van der Waals surface area contributed by atoms with E-state index in [-0.39, 0.29) is 28.9 Å². The summed E-state index contributed by atoms with van der Waals surface area (Å²) >= 11 is 3.72. The Morgan fingerprint density at radius 3 is 2.62 bits per heavy atom. The zero-order valence-electron chi connectivity index (χ0n) is 20.6. The van der Waals surface area contributed by atoms with Crippen molar-refractivity contribution < 1.29 is 23.9 Å². The fourth-order valence-corrected chi connectivity index (χ4v) is 7.99. The lowest BCUT2D eigenvalue weighted by molar-refractivity contribution is -0.213. The zero-order valence-corrected chi connectivity index (χ0v) is 22.2. The van der Waals surface area contributed by atoms with E-state index in [1.54, 1.807) is 7.11 Å². The molecule has 6 atom stereocenters. The average molecular weight is 533 g/mol. The molecule has 2 heterocycles. The number of nitrogens with one attached hydrogen (secondary N) is 2. The predicted molar refractivity (Wildman–Crippen MR) is 129 cm³/mol. The van der Waals surface area contributed by atoms with Crippen molar-refractivity contribution in [2.75, 3.05) is 7.11 Å². The van der Waals surface area contributed by atoms with Crippen molar-refractivity contribution in [3.63, 3.8) is 0 Å². The lowest BCUT2D eigenvalue weighted by Gasteiger charge is -2.66.